The first-order chi connectivity index (χ1) is 12.2. The summed E-state index contributed by atoms with van der Waals surface area (Å²) in [6, 6.07) is 15.6. The van der Waals surface area contributed by atoms with Crippen molar-refractivity contribution in [3.05, 3.63) is 59.7 Å². The van der Waals surface area contributed by atoms with Crippen LogP contribution in [0.3, 0.4) is 0 Å². The van der Waals surface area contributed by atoms with Gasteiger partial charge in [0.05, 0.1) is 26.9 Å². The second-order valence-corrected chi connectivity index (χ2v) is 5.41. The van der Waals surface area contributed by atoms with Gasteiger partial charge in [-0.3, -0.25) is 0 Å². The number of nitrogens with zero attached hydrogens (tertiary/aromatic N) is 1. The summed E-state index contributed by atoms with van der Waals surface area (Å²) in [6.07, 6.45) is -0.0870. The van der Waals surface area contributed by atoms with Crippen molar-refractivity contribution in [3.63, 3.8) is 0 Å². The van der Waals surface area contributed by atoms with Gasteiger partial charge < -0.3 is 25.3 Å². The molecule has 0 bridgehead atoms. The quantitative estimate of drug-likeness (QED) is 0.352. The Labute approximate surface area is 171 Å². The third kappa shape index (κ3) is 6.38. The molecule has 0 aliphatic rings. The molecule has 0 radical (unpaired) electrons. The SMILES string of the molecule is COc1ccc(CN=C(N)NCC(OC)c2ccccc2)cc1OC.I. The lowest BCUT2D eigenvalue weighted by molar-refractivity contribution is 0.106. The summed E-state index contributed by atoms with van der Waals surface area (Å²) in [6.45, 7) is 0.990. The van der Waals surface area contributed by atoms with Gasteiger partial charge in [-0.15, -0.1) is 24.0 Å². The number of ether oxygens (including phenoxy) is 3. The van der Waals surface area contributed by atoms with Crippen LogP contribution in [0.4, 0.5) is 0 Å². The third-order valence-corrected chi connectivity index (χ3v) is 3.80. The molecule has 142 valence electrons. The minimum absolute atomic E-state index is 0. The molecule has 6 nitrogen and oxygen atoms in total. The van der Waals surface area contributed by atoms with Crippen LogP contribution in [0, 0.1) is 0 Å². The standard InChI is InChI=1S/C19H25N3O3.HI/c1-23-16-10-9-14(11-17(16)24-2)12-21-19(20)22-13-18(25-3)15-7-5-4-6-8-15;/h4-11,18H,12-13H2,1-3H3,(H3,20,21,22);1H. The lowest BCUT2D eigenvalue weighted by Crippen LogP contribution is -2.35. The lowest BCUT2D eigenvalue weighted by atomic mass is 10.1. The Morgan fingerprint density at radius 1 is 1.04 bits per heavy atom. The number of hydrogen-bond acceptors (Lipinski definition) is 4. The second-order valence-electron chi connectivity index (χ2n) is 5.41. The number of methoxy groups -OCH3 is 3. The normalized spacial score (nSPS) is 12.0. The topological polar surface area (TPSA) is 78.1 Å². The van der Waals surface area contributed by atoms with E-state index < -0.39 is 0 Å². The van der Waals surface area contributed by atoms with Gasteiger partial charge in [0.25, 0.3) is 0 Å². The first kappa shape index (κ1) is 22.0. The number of guanidine groups is 1. The van der Waals surface area contributed by atoms with Crippen LogP contribution >= 0.6 is 24.0 Å². The van der Waals surface area contributed by atoms with Crippen LogP contribution in [0.5, 0.6) is 11.5 Å². The van der Waals surface area contributed by atoms with Gasteiger partial charge in [0.15, 0.2) is 17.5 Å². The predicted molar refractivity (Wildman–Crippen MR) is 114 cm³/mol. The number of aliphatic imine (C=N–C) groups is 1. The molecule has 2 rings (SSSR count). The van der Waals surface area contributed by atoms with Crippen LogP contribution in [-0.4, -0.2) is 33.8 Å². The lowest BCUT2D eigenvalue weighted by Gasteiger charge is -2.16. The molecule has 0 aromatic heterocycles. The minimum Gasteiger partial charge on any atom is -0.493 e. The van der Waals surface area contributed by atoms with Crippen molar-refractivity contribution in [2.45, 2.75) is 12.6 Å². The first-order valence-electron chi connectivity index (χ1n) is 8.00. The highest BCUT2D eigenvalue weighted by atomic mass is 127. The van der Waals surface area contributed by atoms with Crippen LogP contribution < -0.4 is 20.5 Å². The van der Waals surface area contributed by atoms with Gasteiger partial charge in [0, 0.05) is 13.7 Å². The summed E-state index contributed by atoms with van der Waals surface area (Å²) >= 11 is 0. The Kier molecular flexibility index (Phi) is 9.82. The van der Waals surface area contributed by atoms with E-state index in [0.29, 0.717) is 30.5 Å². The van der Waals surface area contributed by atoms with Crippen molar-refractivity contribution in [2.24, 2.45) is 10.7 Å². The maximum absolute atomic E-state index is 5.96. The van der Waals surface area contributed by atoms with E-state index in [9.17, 15) is 0 Å². The highest BCUT2D eigenvalue weighted by molar-refractivity contribution is 14.0. The number of nitrogens with one attached hydrogen (secondary N) is 1. The van der Waals surface area contributed by atoms with E-state index in [4.69, 9.17) is 19.9 Å². The molecule has 0 saturated carbocycles. The van der Waals surface area contributed by atoms with Gasteiger partial charge in [0.2, 0.25) is 0 Å². The van der Waals surface area contributed by atoms with Crippen LogP contribution in [-0.2, 0) is 11.3 Å². The second kappa shape index (κ2) is 11.6. The maximum Gasteiger partial charge on any atom is 0.189 e. The Morgan fingerprint density at radius 3 is 2.35 bits per heavy atom. The molecular weight excluding hydrogens is 445 g/mol. The number of halogens is 1. The van der Waals surface area contributed by atoms with Gasteiger partial charge in [-0.2, -0.15) is 0 Å². The van der Waals surface area contributed by atoms with Crippen molar-refractivity contribution >= 4 is 29.9 Å². The first-order valence-corrected chi connectivity index (χ1v) is 8.00. The summed E-state index contributed by atoms with van der Waals surface area (Å²) < 4.78 is 16.0. The molecule has 0 aliphatic heterocycles. The Balaban J connectivity index is 0.00000338. The summed E-state index contributed by atoms with van der Waals surface area (Å²) in [4.78, 5) is 4.36. The maximum atomic E-state index is 5.96. The van der Waals surface area contributed by atoms with Crippen molar-refractivity contribution < 1.29 is 14.2 Å². The predicted octanol–water partition coefficient (Wildman–Crippen LogP) is 3.11. The summed E-state index contributed by atoms with van der Waals surface area (Å²) in [5, 5.41) is 3.10. The Hall–Kier alpha value is -2.00. The summed E-state index contributed by atoms with van der Waals surface area (Å²) in [7, 11) is 4.89. The average molecular weight is 471 g/mol. The van der Waals surface area contributed by atoms with E-state index in [1.165, 1.54) is 0 Å². The van der Waals surface area contributed by atoms with Crippen LogP contribution in [0.1, 0.15) is 17.2 Å². The fourth-order valence-corrected chi connectivity index (χ4v) is 2.41. The zero-order valence-corrected chi connectivity index (χ0v) is 17.6. The van der Waals surface area contributed by atoms with Gasteiger partial charge in [-0.1, -0.05) is 36.4 Å². The molecular formula is C19H26IN3O3. The Bertz CT molecular complexity index is 696. The van der Waals surface area contributed by atoms with E-state index in [1.807, 2.05) is 48.5 Å². The van der Waals surface area contributed by atoms with Crippen molar-refractivity contribution in [1.82, 2.24) is 5.32 Å². The summed E-state index contributed by atoms with van der Waals surface area (Å²) in [5.74, 6) is 1.73. The molecule has 2 aromatic rings. The third-order valence-electron chi connectivity index (χ3n) is 3.80. The fourth-order valence-electron chi connectivity index (χ4n) is 2.41. The van der Waals surface area contributed by atoms with Gasteiger partial charge in [-0.25, -0.2) is 4.99 Å². The van der Waals surface area contributed by atoms with Gasteiger partial charge in [0.1, 0.15) is 0 Å². The number of hydrogen-bond donors (Lipinski definition) is 2. The van der Waals surface area contributed by atoms with Crippen molar-refractivity contribution in [1.29, 1.82) is 0 Å². The smallest absolute Gasteiger partial charge is 0.189 e. The van der Waals surface area contributed by atoms with E-state index in [0.717, 1.165) is 11.1 Å². The molecule has 0 amide bonds. The molecule has 0 aliphatic carbocycles. The Morgan fingerprint density at radius 2 is 1.73 bits per heavy atom. The van der Waals surface area contributed by atoms with Crippen LogP contribution in [0.2, 0.25) is 0 Å². The van der Waals surface area contributed by atoms with Crippen LogP contribution in [0.15, 0.2) is 53.5 Å². The van der Waals surface area contributed by atoms with E-state index >= 15 is 0 Å². The monoisotopic (exact) mass is 471 g/mol. The van der Waals surface area contributed by atoms with E-state index in [2.05, 4.69) is 10.3 Å². The van der Waals surface area contributed by atoms with Crippen molar-refractivity contribution in [2.75, 3.05) is 27.9 Å². The summed E-state index contributed by atoms with van der Waals surface area (Å²) in [5.41, 5.74) is 8.03. The number of rotatable bonds is 8. The molecule has 1 unspecified atom stereocenters. The zero-order chi connectivity index (χ0) is 18.1. The van der Waals surface area contributed by atoms with Crippen LogP contribution in [0.25, 0.3) is 0 Å². The molecule has 0 spiro atoms. The van der Waals surface area contributed by atoms with Crippen molar-refractivity contribution in [3.8, 4) is 11.5 Å². The minimum atomic E-state index is -0.0870. The molecule has 1 atom stereocenters. The highest BCUT2D eigenvalue weighted by Gasteiger charge is 2.10. The fraction of sp³-hybridized carbons (Fsp3) is 0.316. The largest absolute Gasteiger partial charge is 0.493 e. The molecule has 2 aromatic carbocycles. The molecule has 7 heteroatoms. The van der Waals surface area contributed by atoms with Gasteiger partial charge in [-0.05, 0) is 23.3 Å². The van der Waals surface area contributed by atoms with E-state index in [-0.39, 0.29) is 30.1 Å². The van der Waals surface area contributed by atoms with E-state index in [1.54, 1.807) is 21.3 Å². The highest BCUT2D eigenvalue weighted by Crippen LogP contribution is 2.27. The molecule has 0 heterocycles. The molecule has 3 N–H and O–H groups in total. The molecule has 0 saturated heterocycles. The average Bonchev–Trinajstić information content (AvgIpc) is 2.67. The zero-order valence-electron chi connectivity index (χ0n) is 15.3. The molecule has 0 fully saturated rings. The molecule has 26 heavy (non-hydrogen) atoms. The van der Waals surface area contributed by atoms with Gasteiger partial charge >= 0.3 is 0 Å². The number of benzene rings is 2. The number of nitrogens with two attached hydrogens (primary N) is 1.